The van der Waals surface area contributed by atoms with Crippen LogP contribution in [-0.2, 0) is 29.9 Å². The summed E-state index contributed by atoms with van der Waals surface area (Å²) >= 11 is 0. The summed E-state index contributed by atoms with van der Waals surface area (Å²) in [6, 6.07) is 17.9. The molecular formula is C23H29N5O2. The van der Waals surface area contributed by atoms with Crippen LogP contribution in [0.2, 0.25) is 0 Å². The van der Waals surface area contributed by atoms with Gasteiger partial charge in [-0.25, -0.2) is 4.68 Å². The Morgan fingerprint density at radius 1 is 1.03 bits per heavy atom. The summed E-state index contributed by atoms with van der Waals surface area (Å²) < 4.78 is 7.42. The molecule has 0 saturated carbocycles. The molecule has 30 heavy (non-hydrogen) atoms. The Morgan fingerprint density at radius 3 is 2.37 bits per heavy atom. The molecule has 0 aliphatic heterocycles. The van der Waals surface area contributed by atoms with E-state index in [4.69, 9.17) is 4.74 Å². The minimum absolute atomic E-state index is 0.0142. The maximum absolute atomic E-state index is 12.8. The van der Waals surface area contributed by atoms with E-state index in [1.54, 1.807) is 9.58 Å². The number of ether oxygens (including phenoxy) is 1. The molecule has 0 radical (unpaired) electrons. The van der Waals surface area contributed by atoms with E-state index in [-0.39, 0.29) is 17.9 Å². The Balaban J connectivity index is 1.58. The predicted octanol–water partition coefficient (Wildman–Crippen LogP) is 3.60. The molecule has 3 aromatic rings. The second kappa shape index (κ2) is 9.52. The molecule has 0 bridgehead atoms. The average Bonchev–Trinajstić information content (AvgIpc) is 3.20. The monoisotopic (exact) mass is 407 g/mol. The Kier molecular flexibility index (Phi) is 6.82. The average molecular weight is 408 g/mol. The lowest BCUT2D eigenvalue weighted by molar-refractivity contribution is -0.132. The second-order valence-corrected chi connectivity index (χ2v) is 8.24. The molecule has 0 fully saturated rings. The zero-order chi connectivity index (χ0) is 21.6. The number of aromatic nitrogens is 4. The van der Waals surface area contributed by atoms with Gasteiger partial charge in [0.1, 0.15) is 18.9 Å². The van der Waals surface area contributed by atoms with Crippen molar-refractivity contribution in [2.24, 2.45) is 0 Å². The number of benzene rings is 2. The first-order valence-electron chi connectivity index (χ1n) is 10.2. The first-order chi connectivity index (χ1) is 14.4. The molecule has 0 aliphatic rings. The molecule has 3 rings (SSSR count). The van der Waals surface area contributed by atoms with Crippen molar-refractivity contribution in [3.05, 3.63) is 71.5 Å². The van der Waals surface area contributed by atoms with Gasteiger partial charge in [0.2, 0.25) is 5.91 Å². The number of rotatable bonds is 8. The van der Waals surface area contributed by atoms with Crippen molar-refractivity contribution in [2.75, 3.05) is 6.54 Å². The summed E-state index contributed by atoms with van der Waals surface area (Å²) in [5.74, 6) is 1.49. The SMILES string of the molecule is CCN(Cc1ccc(OCc2ccccc2)cc1)C(=O)Cn1nnnc1C(C)(C)C. The number of carbonyl (C=O) groups is 1. The fraction of sp³-hybridized carbons (Fsp3) is 0.391. The molecule has 158 valence electrons. The molecule has 2 aromatic carbocycles. The Bertz CT molecular complexity index is 946. The third-order valence-electron chi connectivity index (χ3n) is 4.77. The van der Waals surface area contributed by atoms with Gasteiger partial charge < -0.3 is 9.64 Å². The summed E-state index contributed by atoms with van der Waals surface area (Å²) in [7, 11) is 0. The van der Waals surface area contributed by atoms with Crippen LogP contribution in [0, 0.1) is 0 Å². The van der Waals surface area contributed by atoms with Gasteiger partial charge in [-0.15, -0.1) is 5.10 Å². The van der Waals surface area contributed by atoms with Gasteiger partial charge in [-0.05, 0) is 40.6 Å². The fourth-order valence-corrected chi connectivity index (χ4v) is 3.11. The van der Waals surface area contributed by atoms with Crippen molar-refractivity contribution in [1.82, 2.24) is 25.1 Å². The van der Waals surface area contributed by atoms with Crippen molar-refractivity contribution in [1.29, 1.82) is 0 Å². The van der Waals surface area contributed by atoms with Crippen molar-refractivity contribution in [3.8, 4) is 5.75 Å². The lowest BCUT2D eigenvalue weighted by Crippen LogP contribution is -2.35. The normalized spacial score (nSPS) is 11.3. The van der Waals surface area contributed by atoms with Crippen molar-refractivity contribution in [3.63, 3.8) is 0 Å². The van der Waals surface area contributed by atoms with Crippen molar-refractivity contribution < 1.29 is 9.53 Å². The standard InChI is InChI=1S/C23H29N5O2/c1-5-27(21(29)16-28-22(23(2,3)4)24-25-26-28)15-18-11-13-20(14-12-18)30-17-19-9-7-6-8-10-19/h6-14H,5,15-17H2,1-4H3. The molecule has 0 atom stereocenters. The third-order valence-corrected chi connectivity index (χ3v) is 4.77. The maximum atomic E-state index is 12.8. The van der Waals surface area contributed by atoms with Gasteiger partial charge >= 0.3 is 0 Å². The van der Waals surface area contributed by atoms with E-state index in [9.17, 15) is 4.79 Å². The molecule has 0 unspecified atom stereocenters. The molecule has 1 heterocycles. The minimum Gasteiger partial charge on any atom is -0.489 e. The number of carbonyl (C=O) groups excluding carboxylic acids is 1. The zero-order valence-electron chi connectivity index (χ0n) is 18.1. The van der Waals surface area contributed by atoms with Crippen LogP contribution in [0.15, 0.2) is 54.6 Å². The summed E-state index contributed by atoms with van der Waals surface area (Å²) in [4.78, 5) is 14.6. The van der Waals surface area contributed by atoms with Crippen LogP contribution in [0.3, 0.4) is 0 Å². The number of nitrogens with zero attached hydrogens (tertiary/aromatic N) is 5. The Hall–Kier alpha value is -3.22. The molecule has 1 amide bonds. The summed E-state index contributed by atoms with van der Waals surface area (Å²) in [6.07, 6.45) is 0. The maximum Gasteiger partial charge on any atom is 0.244 e. The molecule has 0 spiro atoms. The summed E-state index contributed by atoms with van der Waals surface area (Å²) in [5, 5.41) is 11.8. The van der Waals surface area contributed by atoms with E-state index in [0.717, 1.165) is 16.9 Å². The topological polar surface area (TPSA) is 73.1 Å². The van der Waals surface area contributed by atoms with Crippen LogP contribution in [-0.4, -0.2) is 37.6 Å². The smallest absolute Gasteiger partial charge is 0.244 e. The number of likely N-dealkylation sites (N-methyl/N-ethyl adjacent to an activating group) is 1. The molecule has 7 nitrogen and oxygen atoms in total. The quantitative estimate of drug-likeness (QED) is 0.570. The van der Waals surface area contributed by atoms with Gasteiger partial charge in [0, 0.05) is 18.5 Å². The highest BCUT2D eigenvalue weighted by atomic mass is 16.5. The highest BCUT2D eigenvalue weighted by Crippen LogP contribution is 2.19. The number of hydrogen-bond donors (Lipinski definition) is 0. The van der Waals surface area contributed by atoms with Crippen molar-refractivity contribution >= 4 is 5.91 Å². The molecule has 0 saturated heterocycles. The van der Waals surface area contributed by atoms with Gasteiger partial charge in [0.25, 0.3) is 0 Å². The number of hydrogen-bond acceptors (Lipinski definition) is 5. The highest BCUT2D eigenvalue weighted by Gasteiger charge is 2.24. The van der Waals surface area contributed by atoms with Gasteiger partial charge in [-0.3, -0.25) is 4.79 Å². The second-order valence-electron chi connectivity index (χ2n) is 8.24. The van der Waals surface area contributed by atoms with Crippen LogP contribution in [0.4, 0.5) is 0 Å². The predicted molar refractivity (Wildman–Crippen MR) is 115 cm³/mol. The van der Waals surface area contributed by atoms with Gasteiger partial charge in [-0.2, -0.15) is 0 Å². The first kappa shape index (κ1) is 21.5. The van der Waals surface area contributed by atoms with Crippen molar-refractivity contribution in [2.45, 2.75) is 52.8 Å². The highest BCUT2D eigenvalue weighted by molar-refractivity contribution is 5.76. The van der Waals surface area contributed by atoms with Crippen LogP contribution >= 0.6 is 0 Å². The third kappa shape index (κ3) is 5.65. The molecule has 1 aromatic heterocycles. The van der Waals surface area contributed by atoms with E-state index in [0.29, 0.717) is 25.5 Å². The Morgan fingerprint density at radius 2 is 1.73 bits per heavy atom. The molecular weight excluding hydrogens is 378 g/mol. The number of amides is 1. The van der Waals surface area contributed by atoms with E-state index in [1.165, 1.54) is 0 Å². The molecule has 0 N–H and O–H groups in total. The van der Waals surface area contributed by atoms with Gasteiger partial charge in [0.05, 0.1) is 0 Å². The van der Waals surface area contributed by atoms with Crippen LogP contribution in [0.25, 0.3) is 0 Å². The molecule has 0 aliphatic carbocycles. The van der Waals surface area contributed by atoms with Crippen LogP contribution in [0.1, 0.15) is 44.6 Å². The largest absolute Gasteiger partial charge is 0.489 e. The lowest BCUT2D eigenvalue weighted by Gasteiger charge is -2.22. The van der Waals surface area contributed by atoms with E-state index in [2.05, 4.69) is 15.5 Å². The van der Waals surface area contributed by atoms with Crippen LogP contribution < -0.4 is 4.74 Å². The van der Waals surface area contributed by atoms with Gasteiger partial charge in [0.15, 0.2) is 5.82 Å². The van der Waals surface area contributed by atoms with Crippen LogP contribution in [0.5, 0.6) is 5.75 Å². The van der Waals surface area contributed by atoms with E-state index in [1.807, 2.05) is 82.3 Å². The Labute approximate surface area is 177 Å². The summed E-state index contributed by atoms with van der Waals surface area (Å²) in [5.41, 5.74) is 1.95. The lowest BCUT2D eigenvalue weighted by atomic mass is 9.96. The van der Waals surface area contributed by atoms with Gasteiger partial charge in [-0.1, -0.05) is 63.2 Å². The first-order valence-corrected chi connectivity index (χ1v) is 10.2. The zero-order valence-corrected chi connectivity index (χ0v) is 18.1. The minimum atomic E-state index is -0.226. The number of tetrazole rings is 1. The fourth-order valence-electron chi connectivity index (χ4n) is 3.11. The van der Waals surface area contributed by atoms with E-state index < -0.39 is 0 Å². The molecule has 7 heteroatoms. The van der Waals surface area contributed by atoms with E-state index >= 15 is 0 Å². The summed E-state index contributed by atoms with van der Waals surface area (Å²) in [6.45, 7) is 9.85.